The summed E-state index contributed by atoms with van der Waals surface area (Å²) in [5, 5.41) is -0.136. The molecule has 1 aliphatic heterocycles. The Kier molecular flexibility index (Phi) is 6.86. The number of methoxy groups -OCH3 is 2. The number of ether oxygens (including phenoxy) is 3. The molecule has 0 amide bonds. The molecular formula is C24H21ClF4N2O3. The lowest BCUT2D eigenvalue weighted by molar-refractivity contribution is -0.137. The van der Waals surface area contributed by atoms with Crippen LogP contribution in [-0.2, 0) is 19.3 Å². The number of benzene rings is 2. The maximum absolute atomic E-state index is 14.5. The second-order valence-corrected chi connectivity index (χ2v) is 8.14. The first-order valence-corrected chi connectivity index (χ1v) is 10.7. The summed E-state index contributed by atoms with van der Waals surface area (Å²) in [6.07, 6.45) is -3.81. The first kappa shape index (κ1) is 24.1. The van der Waals surface area contributed by atoms with E-state index in [-0.39, 0.29) is 16.5 Å². The van der Waals surface area contributed by atoms with Crippen LogP contribution < -0.4 is 14.2 Å². The van der Waals surface area contributed by atoms with Crippen molar-refractivity contribution < 1.29 is 31.8 Å². The van der Waals surface area contributed by atoms with Crippen LogP contribution in [0.2, 0.25) is 5.02 Å². The second kappa shape index (κ2) is 9.68. The number of rotatable bonds is 5. The van der Waals surface area contributed by atoms with Gasteiger partial charge in [0.15, 0.2) is 11.5 Å². The summed E-state index contributed by atoms with van der Waals surface area (Å²) >= 11 is 6.16. The number of nitrogens with zero attached hydrogens (tertiary/aromatic N) is 2. The second-order valence-electron chi connectivity index (χ2n) is 7.74. The molecule has 0 N–H and O–H groups in total. The lowest BCUT2D eigenvalue weighted by atomic mass is 10.0. The molecule has 2 aromatic carbocycles. The van der Waals surface area contributed by atoms with Crippen molar-refractivity contribution in [2.45, 2.75) is 19.3 Å². The molecule has 0 unspecified atom stereocenters. The van der Waals surface area contributed by atoms with Gasteiger partial charge in [-0.15, -0.1) is 0 Å². The van der Waals surface area contributed by atoms with Crippen LogP contribution in [0.4, 0.5) is 17.6 Å². The minimum Gasteiger partial charge on any atom is -0.497 e. The van der Waals surface area contributed by atoms with Crippen molar-refractivity contribution in [1.29, 1.82) is 0 Å². The van der Waals surface area contributed by atoms with Crippen molar-refractivity contribution in [3.05, 3.63) is 70.1 Å². The molecule has 4 rings (SSSR count). The van der Waals surface area contributed by atoms with E-state index in [1.165, 1.54) is 20.3 Å². The standard InChI is InChI=1S/C24H21ClF4N2O3/c1-32-18-4-3-14(20(26)10-18)12-31-5-6-34-23-16(13-31)7-15(8-21(23)33-2)22-19(25)9-17(11-30-22)24(27,28)29/h3-4,7-11H,5-6,12-13H2,1-2H3. The number of alkyl halides is 3. The zero-order valence-electron chi connectivity index (χ0n) is 18.4. The van der Waals surface area contributed by atoms with Crippen molar-refractivity contribution in [2.24, 2.45) is 0 Å². The highest BCUT2D eigenvalue weighted by Gasteiger charge is 2.32. The summed E-state index contributed by atoms with van der Waals surface area (Å²) in [7, 11) is 2.94. The molecule has 34 heavy (non-hydrogen) atoms. The molecule has 0 aliphatic carbocycles. The van der Waals surface area contributed by atoms with Crippen molar-refractivity contribution >= 4 is 11.6 Å². The van der Waals surface area contributed by atoms with E-state index in [9.17, 15) is 17.6 Å². The Bertz CT molecular complexity index is 1200. The summed E-state index contributed by atoms with van der Waals surface area (Å²) in [5.74, 6) is 0.979. The molecule has 0 atom stereocenters. The summed E-state index contributed by atoms with van der Waals surface area (Å²) in [5.41, 5.74) is 0.959. The van der Waals surface area contributed by atoms with Crippen molar-refractivity contribution in [3.8, 4) is 28.5 Å². The van der Waals surface area contributed by atoms with Gasteiger partial charge >= 0.3 is 6.18 Å². The van der Waals surface area contributed by atoms with Crippen molar-refractivity contribution in [1.82, 2.24) is 9.88 Å². The fourth-order valence-electron chi connectivity index (χ4n) is 3.79. The van der Waals surface area contributed by atoms with Gasteiger partial charge < -0.3 is 14.2 Å². The highest BCUT2D eigenvalue weighted by atomic mass is 35.5. The molecule has 180 valence electrons. The van der Waals surface area contributed by atoms with Crippen LogP contribution in [0.15, 0.2) is 42.6 Å². The van der Waals surface area contributed by atoms with Gasteiger partial charge in [0.1, 0.15) is 18.2 Å². The Morgan fingerprint density at radius 2 is 1.91 bits per heavy atom. The summed E-state index contributed by atoms with van der Waals surface area (Å²) in [6.45, 7) is 1.59. The predicted molar refractivity (Wildman–Crippen MR) is 119 cm³/mol. The number of aromatic nitrogens is 1. The lowest BCUT2D eigenvalue weighted by Gasteiger charge is -2.20. The highest BCUT2D eigenvalue weighted by molar-refractivity contribution is 6.33. The van der Waals surface area contributed by atoms with Crippen molar-refractivity contribution in [2.75, 3.05) is 27.4 Å². The molecule has 0 fully saturated rings. The van der Waals surface area contributed by atoms with Gasteiger partial charge in [0.05, 0.1) is 30.5 Å². The molecule has 0 saturated heterocycles. The topological polar surface area (TPSA) is 43.8 Å². The number of fused-ring (bicyclic) bond motifs is 1. The third kappa shape index (κ3) is 5.05. The van der Waals surface area contributed by atoms with Gasteiger partial charge in [0.25, 0.3) is 0 Å². The zero-order chi connectivity index (χ0) is 24.5. The Morgan fingerprint density at radius 1 is 1.12 bits per heavy atom. The van der Waals surface area contributed by atoms with Gasteiger partial charge in [0, 0.05) is 48.6 Å². The van der Waals surface area contributed by atoms with E-state index < -0.39 is 11.7 Å². The Hall–Kier alpha value is -3.04. The third-order valence-electron chi connectivity index (χ3n) is 5.50. The normalized spacial score (nSPS) is 14.2. The first-order valence-electron chi connectivity index (χ1n) is 10.3. The van der Waals surface area contributed by atoms with E-state index in [0.29, 0.717) is 54.6 Å². The molecule has 10 heteroatoms. The van der Waals surface area contributed by atoms with Gasteiger partial charge in [-0.05, 0) is 24.3 Å². The molecule has 0 spiro atoms. The maximum Gasteiger partial charge on any atom is 0.417 e. The van der Waals surface area contributed by atoms with Gasteiger partial charge in [-0.2, -0.15) is 13.2 Å². The first-order chi connectivity index (χ1) is 16.2. The Balaban J connectivity index is 1.67. The van der Waals surface area contributed by atoms with Gasteiger partial charge in [-0.25, -0.2) is 4.39 Å². The summed E-state index contributed by atoms with van der Waals surface area (Å²) < 4.78 is 70.0. The minimum absolute atomic E-state index is 0.136. The number of halogens is 5. The maximum atomic E-state index is 14.5. The average molecular weight is 497 g/mol. The molecule has 2 heterocycles. The number of hydrogen-bond acceptors (Lipinski definition) is 5. The predicted octanol–water partition coefficient (Wildman–Crippen LogP) is 5.97. The fourth-order valence-corrected chi connectivity index (χ4v) is 4.07. The van der Waals surface area contributed by atoms with Crippen LogP contribution in [-0.4, -0.2) is 37.3 Å². The van der Waals surface area contributed by atoms with Crippen LogP contribution in [0, 0.1) is 5.82 Å². The third-order valence-corrected chi connectivity index (χ3v) is 5.78. The Labute approximate surface area is 198 Å². The van der Waals surface area contributed by atoms with E-state index in [1.807, 2.05) is 4.90 Å². The molecule has 1 aliphatic rings. The van der Waals surface area contributed by atoms with E-state index in [1.54, 1.807) is 24.3 Å². The summed E-state index contributed by atoms with van der Waals surface area (Å²) in [4.78, 5) is 5.96. The van der Waals surface area contributed by atoms with Crippen LogP contribution in [0.3, 0.4) is 0 Å². The van der Waals surface area contributed by atoms with E-state index in [2.05, 4.69) is 4.98 Å². The Morgan fingerprint density at radius 3 is 2.56 bits per heavy atom. The molecule has 1 aromatic heterocycles. The molecule has 0 radical (unpaired) electrons. The number of hydrogen-bond donors (Lipinski definition) is 0. The zero-order valence-corrected chi connectivity index (χ0v) is 19.1. The molecule has 0 bridgehead atoms. The molecule has 0 saturated carbocycles. The van der Waals surface area contributed by atoms with Crippen LogP contribution >= 0.6 is 11.6 Å². The molecule has 3 aromatic rings. The number of pyridine rings is 1. The minimum atomic E-state index is -4.55. The molecule has 5 nitrogen and oxygen atoms in total. The fraction of sp³-hybridized carbons (Fsp3) is 0.292. The van der Waals surface area contributed by atoms with Gasteiger partial charge in [-0.1, -0.05) is 17.7 Å². The van der Waals surface area contributed by atoms with Gasteiger partial charge in [0.2, 0.25) is 0 Å². The monoisotopic (exact) mass is 496 g/mol. The summed E-state index contributed by atoms with van der Waals surface area (Å²) in [6, 6.07) is 8.92. The quantitative estimate of drug-likeness (QED) is 0.407. The van der Waals surface area contributed by atoms with E-state index in [4.69, 9.17) is 25.8 Å². The smallest absolute Gasteiger partial charge is 0.417 e. The SMILES string of the molecule is COc1ccc(CN2CCOc3c(cc(-c4ncc(C(F)(F)F)cc4Cl)cc3OC)C2)c(F)c1. The average Bonchev–Trinajstić information content (AvgIpc) is 3.00. The van der Waals surface area contributed by atoms with Crippen molar-refractivity contribution in [3.63, 3.8) is 0 Å². The van der Waals surface area contributed by atoms with Gasteiger partial charge in [-0.3, -0.25) is 9.88 Å². The van der Waals surface area contributed by atoms with E-state index in [0.717, 1.165) is 17.8 Å². The lowest BCUT2D eigenvalue weighted by Crippen LogP contribution is -2.25. The van der Waals surface area contributed by atoms with Crippen LogP contribution in [0.1, 0.15) is 16.7 Å². The highest BCUT2D eigenvalue weighted by Crippen LogP contribution is 2.40. The molecular weight excluding hydrogens is 476 g/mol. The van der Waals surface area contributed by atoms with Crippen LogP contribution in [0.25, 0.3) is 11.3 Å². The van der Waals surface area contributed by atoms with Crippen LogP contribution in [0.5, 0.6) is 17.2 Å². The van der Waals surface area contributed by atoms with E-state index >= 15 is 0 Å². The largest absolute Gasteiger partial charge is 0.497 e.